The van der Waals surface area contributed by atoms with Crippen LogP contribution in [0.5, 0.6) is 11.5 Å². The number of benzene rings is 2. The Morgan fingerprint density at radius 3 is 2.45 bits per heavy atom. The maximum Gasteiger partial charge on any atom is 0.166 e. The number of aromatic hydroxyl groups is 1. The number of halogens is 2. The number of rotatable bonds is 5. The van der Waals surface area contributed by atoms with Gasteiger partial charge >= 0.3 is 0 Å². The fourth-order valence-corrected chi connectivity index (χ4v) is 1.98. The summed E-state index contributed by atoms with van der Waals surface area (Å²) in [4.78, 5) is 3.91. The smallest absolute Gasteiger partial charge is 0.166 e. The molecule has 0 aromatic heterocycles. The lowest BCUT2D eigenvalue weighted by molar-refractivity contribution is 0.177. The molecule has 116 valence electrons. The van der Waals surface area contributed by atoms with Gasteiger partial charge in [-0.2, -0.15) is 0 Å². The second-order valence-electron chi connectivity index (χ2n) is 4.54. The van der Waals surface area contributed by atoms with Crippen LogP contribution in [-0.2, 0) is 0 Å². The van der Waals surface area contributed by atoms with Gasteiger partial charge in [-0.1, -0.05) is 12.1 Å². The summed E-state index contributed by atoms with van der Waals surface area (Å²) in [7, 11) is 1.42. The molecule has 1 atom stereocenters. The molecule has 0 heterocycles. The molecule has 0 saturated heterocycles. The van der Waals surface area contributed by atoms with E-state index in [0.717, 1.165) is 12.1 Å². The minimum absolute atomic E-state index is 0.0969. The van der Waals surface area contributed by atoms with E-state index >= 15 is 0 Å². The third kappa shape index (κ3) is 3.40. The number of nitrogens with zero attached hydrogens (tertiary/aromatic N) is 1. The highest BCUT2D eigenvalue weighted by Crippen LogP contribution is 2.28. The molecule has 0 aliphatic carbocycles. The number of ether oxygens (including phenoxy) is 1. The molecule has 1 unspecified atom stereocenters. The lowest BCUT2D eigenvalue weighted by Crippen LogP contribution is -2.07. The summed E-state index contributed by atoms with van der Waals surface area (Å²) in [6.07, 6.45) is -0.106. The topological polar surface area (TPSA) is 62.0 Å². The van der Waals surface area contributed by atoms with E-state index < -0.39 is 23.3 Å². The Hall–Kier alpha value is -2.47. The Labute approximate surface area is 126 Å². The van der Waals surface area contributed by atoms with E-state index in [1.165, 1.54) is 19.4 Å². The second-order valence-corrected chi connectivity index (χ2v) is 4.54. The van der Waals surface area contributed by atoms with Crippen molar-refractivity contribution in [1.82, 2.24) is 0 Å². The molecule has 0 bridgehead atoms. The van der Waals surface area contributed by atoms with Crippen molar-refractivity contribution in [2.45, 2.75) is 6.10 Å². The minimum atomic E-state index is -1.41. The second kappa shape index (κ2) is 7.00. The lowest BCUT2D eigenvalue weighted by Gasteiger charge is -2.10. The van der Waals surface area contributed by atoms with Gasteiger partial charge in [-0.25, -0.2) is 8.78 Å². The molecule has 0 fully saturated rings. The van der Waals surface area contributed by atoms with Crippen LogP contribution in [0.2, 0.25) is 0 Å². The van der Waals surface area contributed by atoms with Crippen LogP contribution in [0.4, 0.5) is 8.78 Å². The predicted octanol–water partition coefficient (Wildman–Crippen LogP) is 2.83. The number of aliphatic hydroxyl groups is 1. The minimum Gasteiger partial charge on any atom is -0.504 e. The molecule has 0 aliphatic rings. The van der Waals surface area contributed by atoms with Crippen LogP contribution in [0.15, 0.2) is 41.4 Å². The molecule has 2 aromatic carbocycles. The molecule has 0 amide bonds. The van der Waals surface area contributed by atoms with Crippen molar-refractivity contribution in [3.05, 3.63) is 59.2 Å². The molecule has 0 aliphatic heterocycles. The van der Waals surface area contributed by atoms with Gasteiger partial charge in [-0.15, -0.1) is 0 Å². The zero-order valence-electron chi connectivity index (χ0n) is 11.8. The number of aliphatic hydroxyl groups excluding tert-OH is 1. The maximum absolute atomic E-state index is 13.5. The third-order valence-corrected chi connectivity index (χ3v) is 3.09. The Balaban J connectivity index is 2.13. The van der Waals surface area contributed by atoms with Crippen molar-refractivity contribution < 1.29 is 23.7 Å². The molecule has 0 radical (unpaired) electrons. The number of aliphatic imine (C=N–C) groups is 1. The average Bonchev–Trinajstić information content (AvgIpc) is 2.49. The molecule has 22 heavy (non-hydrogen) atoms. The van der Waals surface area contributed by atoms with Gasteiger partial charge in [0.15, 0.2) is 11.5 Å². The van der Waals surface area contributed by atoms with E-state index in [4.69, 9.17) is 4.74 Å². The van der Waals surface area contributed by atoms with Crippen LogP contribution in [0.3, 0.4) is 0 Å². The van der Waals surface area contributed by atoms with Gasteiger partial charge in [0.25, 0.3) is 0 Å². The highest BCUT2D eigenvalue weighted by atomic mass is 19.1. The van der Waals surface area contributed by atoms with E-state index in [1.807, 2.05) is 0 Å². The van der Waals surface area contributed by atoms with Crippen LogP contribution < -0.4 is 4.74 Å². The highest BCUT2D eigenvalue weighted by molar-refractivity contribution is 5.84. The van der Waals surface area contributed by atoms with E-state index in [-0.39, 0.29) is 18.0 Å². The van der Waals surface area contributed by atoms with Crippen molar-refractivity contribution in [2.75, 3.05) is 13.7 Å². The number of phenolic OH excluding ortho intramolecular Hbond substituents is 1. The van der Waals surface area contributed by atoms with Crippen molar-refractivity contribution >= 4 is 6.21 Å². The fraction of sp³-hybridized carbons (Fsp3) is 0.188. The van der Waals surface area contributed by atoms with Crippen LogP contribution in [-0.4, -0.2) is 30.1 Å². The average molecular weight is 307 g/mol. The number of hydrogen-bond donors (Lipinski definition) is 2. The molecule has 6 heteroatoms. The number of para-hydroxylation sites is 1. The van der Waals surface area contributed by atoms with Crippen LogP contribution >= 0.6 is 0 Å². The van der Waals surface area contributed by atoms with Crippen molar-refractivity contribution in [3.63, 3.8) is 0 Å². The maximum atomic E-state index is 13.5. The summed E-state index contributed by atoms with van der Waals surface area (Å²) in [5, 5.41) is 19.7. The van der Waals surface area contributed by atoms with E-state index in [2.05, 4.69) is 4.99 Å². The number of methoxy groups -OCH3 is 1. The Morgan fingerprint density at radius 2 is 1.82 bits per heavy atom. The zero-order chi connectivity index (χ0) is 16.1. The van der Waals surface area contributed by atoms with E-state index in [9.17, 15) is 19.0 Å². The number of phenols is 1. The van der Waals surface area contributed by atoms with Crippen molar-refractivity contribution in [3.8, 4) is 11.5 Å². The van der Waals surface area contributed by atoms with Crippen molar-refractivity contribution in [1.29, 1.82) is 0 Å². The summed E-state index contributed by atoms with van der Waals surface area (Å²) in [5.41, 5.74) is -0.0462. The summed E-state index contributed by atoms with van der Waals surface area (Å²) in [6, 6.07) is 8.19. The van der Waals surface area contributed by atoms with Crippen LogP contribution in [0.1, 0.15) is 17.2 Å². The monoisotopic (exact) mass is 307 g/mol. The largest absolute Gasteiger partial charge is 0.504 e. The van der Waals surface area contributed by atoms with Gasteiger partial charge in [-0.05, 0) is 24.3 Å². The van der Waals surface area contributed by atoms with Crippen molar-refractivity contribution in [2.24, 2.45) is 4.99 Å². The van der Waals surface area contributed by atoms with Gasteiger partial charge < -0.3 is 14.9 Å². The Bertz CT molecular complexity index is 669. The first-order chi connectivity index (χ1) is 10.5. The first kappa shape index (κ1) is 15.9. The predicted molar refractivity (Wildman–Crippen MR) is 78.4 cm³/mol. The Morgan fingerprint density at radius 1 is 1.18 bits per heavy atom. The normalized spacial score (nSPS) is 12.5. The molecular formula is C16H15F2NO3. The quantitative estimate of drug-likeness (QED) is 0.835. The summed E-state index contributed by atoms with van der Waals surface area (Å²) in [5.74, 6) is -1.47. The molecule has 0 spiro atoms. The van der Waals surface area contributed by atoms with E-state index in [0.29, 0.717) is 5.56 Å². The van der Waals surface area contributed by atoms with Gasteiger partial charge in [-0.3, -0.25) is 4.99 Å². The summed E-state index contributed by atoms with van der Waals surface area (Å²) < 4.78 is 32.0. The molecule has 2 rings (SSSR count). The van der Waals surface area contributed by atoms with Gasteiger partial charge in [0.05, 0.1) is 19.2 Å². The van der Waals surface area contributed by atoms with Crippen LogP contribution in [0, 0.1) is 11.6 Å². The molecule has 2 aromatic rings. The first-order valence-electron chi connectivity index (χ1n) is 6.52. The third-order valence-electron chi connectivity index (χ3n) is 3.09. The lowest BCUT2D eigenvalue weighted by atomic mass is 10.1. The van der Waals surface area contributed by atoms with Gasteiger partial charge in [0, 0.05) is 11.8 Å². The standard InChI is InChI=1S/C16H15F2NO3/c1-22-14-7-2-4-10(16(14)21)8-19-9-13(20)15-11(17)5-3-6-12(15)18/h2-8,13,20-21H,9H2,1H3. The number of hydrogen-bond acceptors (Lipinski definition) is 4. The first-order valence-corrected chi connectivity index (χ1v) is 6.52. The molecule has 4 nitrogen and oxygen atoms in total. The van der Waals surface area contributed by atoms with Gasteiger partial charge in [0.1, 0.15) is 17.7 Å². The van der Waals surface area contributed by atoms with E-state index in [1.54, 1.807) is 18.2 Å². The van der Waals surface area contributed by atoms with Crippen LogP contribution in [0.25, 0.3) is 0 Å². The SMILES string of the molecule is COc1cccc(C=NCC(O)c2c(F)cccc2F)c1O. The van der Waals surface area contributed by atoms with Gasteiger partial charge in [0.2, 0.25) is 0 Å². The summed E-state index contributed by atoms with van der Waals surface area (Å²) >= 11 is 0. The fourth-order valence-electron chi connectivity index (χ4n) is 1.98. The highest BCUT2D eigenvalue weighted by Gasteiger charge is 2.17. The molecular weight excluding hydrogens is 292 g/mol. The molecule has 0 saturated carbocycles. The molecule has 2 N–H and O–H groups in total. The zero-order valence-corrected chi connectivity index (χ0v) is 11.8. The summed E-state index contributed by atoms with van der Waals surface area (Å²) in [6.45, 7) is -0.242. The Kier molecular flexibility index (Phi) is 5.06.